The number of carbonyl (C=O) groups is 2. The number of aliphatic hydroxyl groups excluding tert-OH is 1. The van der Waals surface area contributed by atoms with Crippen molar-refractivity contribution in [2.45, 2.75) is 20.5 Å². The monoisotopic (exact) mass is 402 g/mol. The Labute approximate surface area is 169 Å². The number of hydrogen-bond donors (Lipinski definition) is 2. The van der Waals surface area contributed by atoms with Crippen LogP contribution in [0, 0.1) is 10.1 Å². The molecular weight excluding hydrogens is 376 g/mol. The molecule has 0 bridgehead atoms. The lowest BCUT2D eigenvalue weighted by molar-refractivity contribution is -0.384. The third-order valence-electron chi connectivity index (χ3n) is 4.41. The van der Waals surface area contributed by atoms with Crippen LogP contribution in [0.4, 0.5) is 11.4 Å². The Morgan fingerprint density at radius 2 is 1.38 bits per heavy atom. The fraction of sp³-hybridized carbons (Fsp3) is 0.300. The van der Waals surface area contributed by atoms with E-state index in [0.717, 1.165) is 23.8 Å². The average molecular weight is 402 g/mol. The molecule has 4 rings (SSSR count). The number of aliphatic hydroxyl groups is 1. The van der Waals surface area contributed by atoms with Gasteiger partial charge in [-0.1, -0.05) is 13.5 Å². The van der Waals surface area contributed by atoms with Crippen LogP contribution in [-0.4, -0.2) is 52.8 Å². The maximum atomic E-state index is 11.5. The topological polar surface area (TPSA) is 130 Å². The molecule has 29 heavy (non-hydrogen) atoms. The van der Waals surface area contributed by atoms with Crippen LogP contribution in [0.3, 0.4) is 0 Å². The van der Waals surface area contributed by atoms with E-state index >= 15 is 0 Å². The average Bonchev–Trinajstić information content (AvgIpc) is 3.13. The van der Waals surface area contributed by atoms with Crippen LogP contribution in [0.2, 0.25) is 0 Å². The summed E-state index contributed by atoms with van der Waals surface area (Å²) in [5.74, 6) is -0.0824. The van der Waals surface area contributed by atoms with E-state index in [9.17, 15) is 19.7 Å². The molecule has 2 aromatic carbocycles. The second-order valence-corrected chi connectivity index (χ2v) is 6.34. The number of benzene rings is 2. The van der Waals surface area contributed by atoms with Crippen molar-refractivity contribution in [1.82, 2.24) is 9.80 Å². The Morgan fingerprint density at radius 1 is 0.931 bits per heavy atom. The molecule has 0 unspecified atom stereocenters. The van der Waals surface area contributed by atoms with Gasteiger partial charge in [0, 0.05) is 57.7 Å². The Balaban J connectivity index is 0.000000261. The quantitative estimate of drug-likeness (QED) is 0.427. The number of nitrogens with zero attached hydrogens (tertiary/aromatic N) is 3. The second kappa shape index (κ2) is 9.65. The second-order valence-electron chi connectivity index (χ2n) is 6.34. The molecule has 2 heterocycles. The molecule has 0 saturated carbocycles. The van der Waals surface area contributed by atoms with E-state index in [1.165, 1.54) is 17.0 Å². The van der Waals surface area contributed by atoms with Gasteiger partial charge in [0.25, 0.3) is 17.5 Å². The zero-order chi connectivity index (χ0) is 21.0. The number of hydrogen-bond acceptors (Lipinski definition) is 6. The van der Waals surface area contributed by atoms with E-state index in [4.69, 9.17) is 10.8 Å². The van der Waals surface area contributed by atoms with Gasteiger partial charge in [-0.05, 0) is 29.3 Å². The van der Waals surface area contributed by atoms with Crippen molar-refractivity contribution in [2.24, 2.45) is 0 Å². The van der Waals surface area contributed by atoms with Crippen LogP contribution in [0.1, 0.15) is 39.3 Å². The van der Waals surface area contributed by atoms with Crippen molar-refractivity contribution in [3.05, 3.63) is 68.8 Å². The summed E-state index contributed by atoms with van der Waals surface area (Å²) < 4.78 is 0. The summed E-state index contributed by atoms with van der Waals surface area (Å²) in [6, 6.07) is 9.86. The first-order chi connectivity index (χ1) is 13.3. The molecule has 0 aromatic heterocycles. The van der Waals surface area contributed by atoms with Crippen molar-refractivity contribution >= 4 is 23.2 Å². The molecule has 0 saturated heterocycles. The molecule has 2 aliphatic heterocycles. The van der Waals surface area contributed by atoms with Gasteiger partial charge in [0.1, 0.15) is 0 Å². The minimum absolute atomic E-state index is 0. The summed E-state index contributed by atoms with van der Waals surface area (Å²) in [5.41, 5.74) is 9.29. The molecule has 0 spiro atoms. The highest BCUT2D eigenvalue weighted by atomic mass is 16.6. The van der Waals surface area contributed by atoms with Crippen molar-refractivity contribution in [3.8, 4) is 0 Å². The highest BCUT2D eigenvalue weighted by molar-refractivity contribution is 5.99. The first-order valence-corrected chi connectivity index (χ1v) is 8.39. The van der Waals surface area contributed by atoms with E-state index in [1.807, 2.05) is 12.1 Å². The Kier molecular flexibility index (Phi) is 7.85. The lowest BCUT2D eigenvalue weighted by atomic mass is 10.1. The zero-order valence-corrected chi connectivity index (χ0v) is 15.9. The normalized spacial score (nSPS) is 13.4. The summed E-state index contributed by atoms with van der Waals surface area (Å²) in [4.78, 5) is 36.1. The van der Waals surface area contributed by atoms with Gasteiger partial charge in [-0.25, -0.2) is 0 Å². The molecule has 9 nitrogen and oxygen atoms in total. The maximum Gasteiger partial charge on any atom is 0.270 e. The predicted molar refractivity (Wildman–Crippen MR) is 110 cm³/mol. The van der Waals surface area contributed by atoms with Gasteiger partial charge >= 0.3 is 0 Å². The molecule has 3 N–H and O–H groups in total. The van der Waals surface area contributed by atoms with Crippen LogP contribution in [0.15, 0.2) is 36.4 Å². The van der Waals surface area contributed by atoms with Crippen LogP contribution < -0.4 is 5.73 Å². The standard InChI is InChI=1S/C9H8N2O3.C9H10N2O.CH4O.CH4/c1-10-5-6-2-3-7(11(13)14)4-8(6)9(10)12;1-11-5-6-2-3-7(10)4-8(6)9(11)12;1-2;/h2-4H,5H2,1H3;2-4H,5,10H2,1H3;2H,1H3;1H4. The van der Waals surface area contributed by atoms with Crippen LogP contribution in [0.5, 0.6) is 0 Å². The van der Waals surface area contributed by atoms with Crippen molar-refractivity contribution < 1.29 is 19.6 Å². The molecule has 0 fully saturated rings. The summed E-state index contributed by atoms with van der Waals surface area (Å²) in [6.45, 7) is 1.24. The molecule has 2 aliphatic rings. The number of anilines is 1. The summed E-state index contributed by atoms with van der Waals surface area (Å²) in [5, 5.41) is 17.5. The highest BCUT2D eigenvalue weighted by Gasteiger charge is 2.26. The number of nitro benzene ring substituents is 1. The van der Waals surface area contributed by atoms with Crippen LogP contribution in [0.25, 0.3) is 0 Å². The Hall–Kier alpha value is -3.46. The number of nitrogens with two attached hydrogens (primary N) is 1. The first kappa shape index (κ1) is 23.6. The summed E-state index contributed by atoms with van der Waals surface area (Å²) in [6.07, 6.45) is 0. The minimum atomic E-state index is -0.494. The van der Waals surface area contributed by atoms with E-state index in [0.29, 0.717) is 24.3 Å². The number of amides is 2. The number of rotatable bonds is 1. The maximum absolute atomic E-state index is 11.5. The largest absolute Gasteiger partial charge is 0.400 e. The number of fused-ring (bicyclic) bond motifs is 2. The van der Waals surface area contributed by atoms with E-state index < -0.39 is 4.92 Å². The molecule has 156 valence electrons. The number of nitrogen functional groups attached to an aromatic ring is 1. The van der Waals surface area contributed by atoms with E-state index in [2.05, 4.69) is 0 Å². The lowest BCUT2D eigenvalue weighted by Crippen LogP contribution is -2.17. The molecule has 0 atom stereocenters. The van der Waals surface area contributed by atoms with Crippen molar-refractivity contribution in [1.29, 1.82) is 0 Å². The van der Waals surface area contributed by atoms with E-state index in [-0.39, 0.29) is 24.9 Å². The zero-order valence-electron chi connectivity index (χ0n) is 15.9. The van der Waals surface area contributed by atoms with Gasteiger partial charge in [-0.15, -0.1) is 0 Å². The molecule has 2 aromatic rings. The summed E-state index contributed by atoms with van der Waals surface area (Å²) >= 11 is 0. The fourth-order valence-corrected chi connectivity index (χ4v) is 3.01. The highest BCUT2D eigenvalue weighted by Crippen LogP contribution is 2.25. The predicted octanol–water partition coefficient (Wildman–Crippen LogP) is 2.28. The third-order valence-corrected chi connectivity index (χ3v) is 4.41. The SMILES string of the molecule is C.CN1Cc2ccc(N)cc2C1=O.CN1Cc2ccc([N+](=O)[O-])cc2C1=O.CO. The fourth-order valence-electron chi connectivity index (χ4n) is 3.01. The third kappa shape index (κ3) is 4.88. The van der Waals surface area contributed by atoms with E-state index in [1.54, 1.807) is 31.1 Å². The van der Waals surface area contributed by atoms with Crippen molar-refractivity contribution in [2.75, 3.05) is 26.9 Å². The van der Waals surface area contributed by atoms with Gasteiger partial charge in [0.2, 0.25) is 0 Å². The van der Waals surface area contributed by atoms with Crippen molar-refractivity contribution in [3.63, 3.8) is 0 Å². The van der Waals surface area contributed by atoms with Gasteiger partial charge in [0.15, 0.2) is 0 Å². The van der Waals surface area contributed by atoms with Crippen LogP contribution >= 0.6 is 0 Å². The number of non-ortho nitro benzene ring substituents is 1. The van der Waals surface area contributed by atoms with Crippen LogP contribution in [-0.2, 0) is 13.1 Å². The number of nitro groups is 1. The molecule has 2 amide bonds. The minimum Gasteiger partial charge on any atom is -0.400 e. The lowest BCUT2D eigenvalue weighted by Gasteiger charge is -2.04. The molecule has 0 radical (unpaired) electrons. The van der Waals surface area contributed by atoms with Gasteiger partial charge in [0.05, 0.1) is 10.5 Å². The first-order valence-electron chi connectivity index (χ1n) is 8.39. The van der Waals surface area contributed by atoms with Gasteiger partial charge < -0.3 is 20.6 Å². The molecule has 9 heteroatoms. The van der Waals surface area contributed by atoms with Gasteiger partial charge in [-0.3, -0.25) is 19.7 Å². The smallest absolute Gasteiger partial charge is 0.270 e. The molecule has 0 aliphatic carbocycles. The number of carbonyl (C=O) groups excluding carboxylic acids is 2. The van der Waals surface area contributed by atoms with Gasteiger partial charge in [-0.2, -0.15) is 0 Å². The summed E-state index contributed by atoms with van der Waals surface area (Å²) in [7, 11) is 4.46. The Morgan fingerprint density at radius 3 is 1.86 bits per heavy atom. The molecular formula is C20H26N4O5. The Bertz CT molecular complexity index is 929.